The van der Waals surface area contributed by atoms with Crippen molar-refractivity contribution < 1.29 is 18.1 Å². The van der Waals surface area contributed by atoms with Gasteiger partial charge in [-0.1, -0.05) is 17.8 Å². The van der Waals surface area contributed by atoms with Gasteiger partial charge in [0.2, 0.25) is 0 Å². The number of nitrogens with zero attached hydrogens (tertiary/aromatic N) is 1. The van der Waals surface area contributed by atoms with E-state index < -0.39 is 17.0 Å². The molecule has 2 unspecified atom stereocenters. The summed E-state index contributed by atoms with van der Waals surface area (Å²) in [6.07, 6.45) is -2.55. The van der Waals surface area contributed by atoms with Gasteiger partial charge in [-0.25, -0.2) is 0 Å². The zero-order valence-corrected chi connectivity index (χ0v) is 11.5. The van der Waals surface area contributed by atoms with Gasteiger partial charge >= 0.3 is 11.2 Å². The van der Waals surface area contributed by atoms with Gasteiger partial charge in [0.1, 0.15) is 0 Å². The van der Waals surface area contributed by atoms with Crippen molar-refractivity contribution in [3.63, 3.8) is 0 Å². The first-order valence-corrected chi connectivity index (χ1v) is 7.26. The summed E-state index contributed by atoms with van der Waals surface area (Å²) >= 11 is 1.03. The fourth-order valence-electron chi connectivity index (χ4n) is 2.49. The predicted octanol–water partition coefficient (Wildman–Crippen LogP) is 3.87. The molecule has 1 N–H and O–H groups in total. The van der Waals surface area contributed by atoms with Crippen LogP contribution in [0, 0.1) is 16.0 Å². The Kier molecular flexibility index (Phi) is 4.64. The Morgan fingerprint density at radius 3 is 2.80 bits per heavy atom. The van der Waals surface area contributed by atoms with Gasteiger partial charge in [0, 0.05) is 24.0 Å². The van der Waals surface area contributed by atoms with Crippen LogP contribution in [-0.4, -0.2) is 17.1 Å². The van der Waals surface area contributed by atoms with Crippen LogP contribution >= 0.6 is 11.3 Å². The van der Waals surface area contributed by atoms with Crippen LogP contribution in [-0.2, 0) is 6.54 Å². The van der Waals surface area contributed by atoms with E-state index in [1.54, 1.807) is 5.38 Å². The Hall–Kier alpha value is -1.15. The number of halogens is 3. The van der Waals surface area contributed by atoms with Crippen LogP contribution in [0.2, 0.25) is 0 Å². The number of hydrogen-bond donors (Lipinski definition) is 1. The average Bonchev–Trinajstić information content (AvgIpc) is 2.85. The molecule has 1 aliphatic carbocycles. The molecule has 0 bridgehead atoms. The van der Waals surface area contributed by atoms with Gasteiger partial charge in [0.15, 0.2) is 0 Å². The van der Waals surface area contributed by atoms with E-state index in [-0.39, 0.29) is 23.9 Å². The summed E-state index contributed by atoms with van der Waals surface area (Å²) in [5.41, 5.74) is 0.746. The molecule has 112 valence electrons. The first-order chi connectivity index (χ1) is 9.36. The lowest BCUT2D eigenvalue weighted by Crippen LogP contribution is -2.38. The SMILES string of the molecule is O=[N+]([O-])c1cc(CNC2CCCC(C(F)(F)F)C2)cs1. The van der Waals surface area contributed by atoms with Gasteiger partial charge in [-0.2, -0.15) is 13.2 Å². The van der Waals surface area contributed by atoms with E-state index in [4.69, 9.17) is 0 Å². The molecule has 2 rings (SSSR count). The molecule has 0 radical (unpaired) electrons. The molecule has 1 heterocycles. The highest BCUT2D eigenvalue weighted by molar-refractivity contribution is 7.13. The summed E-state index contributed by atoms with van der Waals surface area (Å²) < 4.78 is 38.0. The van der Waals surface area contributed by atoms with Crippen molar-refractivity contribution >= 4 is 16.3 Å². The van der Waals surface area contributed by atoms with E-state index in [0.717, 1.165) is 23.3 Å². The van der Waals surface area contributed by atoms with Gasteiger partial charge in [-0.3, -0.25) is 10.1 Å². The Labute approximate surface area is 118 Å². The number of nitro groups is 1. The quantitative estimate of drug-likeness (QED) is 0.678. The lowest BCUT2D eigenvalue weighted by molar-refractivity contribution is -0.380. The monoisotopic (exact) mass is 308 g/mol. The molecule has 1 aliphatic rings. The van der Waals surface area contributed by atoms with Gasteiger partial charge in [0.25, 0.3) is 0 Å². The van der Waals surface area contributed by atoms with Crippen molar-refractivity contribution in [2.24, 2.45) is 5.92 Å². The second-order valence-electron chi connectivity index (χ2n) is 5.03. The zero-order valence-electron chi connectivity index (χ0n) is 10.7. The number of nitrogens with one attached hydrogen (secondary N) is 1. The van der Waals surface area contributed by atoms with Crippen molar-refractivity contribution in [1.29, 1.82) is 0 Å². The van der Waals surface area contributed by atoms with Crippen molar-refractivity contribution in [3.8, 4) is 0 Å². The van der Waals surface area contributed by atoms with E-state index in [0.29, 0.717) is 13.0 Å². The number of hydrogen-bond acceptors (Lipinski definition) is 4. The smallest absolute Gasteiger partial charge is 0.310 e. The van der Waals surface area contributed by atoms with Gasteiger partial charge in [-0.15, -0.1) is 0 Å². The molecule has 1 aromatic heterocycles. The first kappa shape index (κ1) is 15.2. The highest BCUT2D eigenvalue weighted by Crippen LogP contribution is 2.37. The lowest BCUT2D eigenvalue weighted by Gasteiger charge is -2.31. The fraction of sp³-hybridized carbons (Fsp3) is 0.667. The molecule has 8 heteroatoms. The molecule has 0 aromatic carbocycles. The molecular weight excluding hydrogens is 293 g/mol. The molecule has 0 amide bonds. The molecule has 0 aliphatic heterocycles. The van der Waals surface area contributed by atoms with Gasteiger partial charge in [0.05, 0.1) is 10.8 Å². The third-order valence-corrected chi connectivity index (χ3v) is 4.48. The van der Waals surface area contributed by atoms with Crippen LogP contribution in [0.4, 0.5) is 18.2 Å². The van der Waals surface area contributed by atoms with E-state index in [1.807, 2.05) is 0 Å². The van der Waals surface area contributed by atoms with E-state index >= 15 is 0 Å². The molecule has 1 fully saturated rings. The van der Waals surface area contributed by atoms with Crippen molar-refractivity contribution in [1.82, 2.24) is 5.32 Å². The second kappa shape index (κ2) is 6.09. The van der Waals surface area contributed by atoms with Crippen molar-refractivity contribution in [2.75, 3.05) is 0 Å². The van der Waals surface area contributed by atoms with E-state index in [1.165, 1.54) is 6.07 Å². The Morgan fingerprint density at radius 2 is 2.20 bits per heavy atom. The summed E-state index contributed by atoms with van der Waals surface area (Å²) in [6, 6.07) is 1.29. The zero-order chi connectivity index (χ0) is 14.8. The average molecular weight is 308 g/mol. The molecule has 1 aromatic rings. The minimum Gasteiger partial charge on any atom is -0.310 e. The van der Waals surface area contributed by atoms with E-state index in [2.05, 4.69) is 5.32 Å². The highest BCUT2D eigenvalue weighted by atomic mass is 32.1. The molecule has 0 saturated heterocycles. The topological polar surface area (TPSA) is 55.2 Å². The Balaban J connectivity index is 1.85. The molecule has 1 saturated carbocycles. The van der Waals surface area contributed by atoms with Crippen LogP contribution < -0.4 is 5.32 Å². The van der Waals surface area contributed by atoms with Crippen LogP contribution in [0.25, 0.3) is 0 Å². The number of rotatable bonds is 4. The van der Waals surface area contributed by atoms with Crippen LogP contribution in [0.1, 0.15) is 31.2 Å². The Bertz CT molecular complexity index is 476. The maximum Gasteiger partial charge on any atom is 0.391 e. The van der Waals surface area contributed by atoms with Crippen molar-refractivity contribution in [2.45, 2.75) is 44.4 Å². The van der Waals surface area contributed by atoms with Crippen LogP contribution in [0.5, 0.6) is 0 Å². The summed E-state index contributed by atoms with van der Waals surface area (Å²) in [6.45, 7) is 0.375. The summed E-state index contributed by atoms with van der Waals surface area (Å²) in [4.78, 5) is 10.1. The standard InChI is InChI=1S/C12H15F3N2O2S/c13-12(14,15)9-2-1-3-10(5-9)16-6-8-4-11(17(18)19)20-7-8/h4,7,9-10,16H,1-3,5-6H2. The first-order valence-electron chi connectivity index (χ1n) is 6.38. The summed E-state index contributed by atoms with van der Waals surface area (Å²) in [5.74, 6) is -1.23. The number of alkyl halides is 3. The van der Waals surface area contributed by atoms with Gasteiger partial charge in [-0.05, 0) is 24.8 Å². The minimum atomic E-state index is -4.12. The van der Waals surface area contributed by atoms with Crippen LogP contribution in [0.3, 0.4) is 0 Å². The highest BCUT2D eigenvalue weighted by Gasteiger charge is 2.41. The maximum atomic E-state index is 12.7. The molecule has 20 heavy (non-hydrogen) atoms. The number of thiophene rings is 1. The third-order valence-electron chi connectivity index (χ3n) is 3.55. The molecule has 0 spiro atoms. The second-order valence-corrected chi connectivity index (χ2v) is 5.92. The van der Waals surface area contributed by atoms with Crippen LogP contribution in [0.15, 0.2) is 11.4 Å². The molecular formula is C12H15F3N2O2S. The van der Waals surface area contributed by atoms with Crippen molar-refractivity contribution in [3.05, 3.63) is 27.1 Å². The normalized spacial score (nSPS) is 23.8. The maximum absolute atomic E-state index is 12.7. The summed E-state index contributed by atoms with van der Waals surface area (Å²) in [5, 5.41) is 15.3. The minimum absolute atomic E-state index is 0.0543. The largest absolute Gasteiger partial charge is 0.391 e. The molecule has 4 nitrogen and oxygen atoms in total. The fourth-order valence-corrected chi connectivity index (χ4v) is 3.21. The third kappa shape index (κ3) is 3.92. The predicted molar refractivity (Wildman–Crippen MR) is 69.6 cm³/mol. The van der Waals surface area contributed by atoms with Gasteiger partial charge < -0.3 is 5.32 Å². The summed E-state index contributed by atoms with van der Waals surface area (Å²) in [7, 11) is 0. The van der Waals surface area contributed by atoms with E-state index in [9.17, 15) is 23.3 Å². The lowest BCUT2D eigenvalue weighted by atomic mass is 9.85. The Morgan fingerprint density at radius 1 is 1.45 bits per heavy atom. The molecule has 2 atom stereocenters.